The van der Waals surface area contributed by atoms with E-state index in [1.54, 1.807) is 0 Å². The average molecular weight is 345 g/mol. The van der Waals surface area contributed by atoms with E-state index in [0.29, 0.717) is 24.2 Å². The summed E-state index contributed by atoms with van der Waals surface area (Å²) in [6, 6.07) is 0.182. The molecule has 0 bridgehead atoms. The van der Waals surface area contributed by atoms with E-state index in [1.807, 2.05) is 0 Å². The molecule has 4 nitrogen and oxygen atoms in total. The van der Waals surface area contributed by atoms with Gasteiger partial charge in [0.2, 0.25) is 5.91 Å². The van der Waals surface area contributed by atoms with Gasteiger partial charge in [-0.25, -0.2) is 0 Å². The van der Waals surface area contributed by atoms with Gasteiger partial charge in [0.1, 0.15) is 0 Å². The Hall–Kier alpha value is -1.32. The smallest absolute Gasteiger partial charge is 0.307 e. The van der Waals surface area contributed by atoms with Crippen LogP contribution in [0.2, 0.25) is 0 Å². The number of allylic oxidation sites excluding steroid dienone is 1. The Labute approximate surface area is 150 Å². The number of hydrogen-bond acceptors (Lipinski definition) is 2. The van der Waals surface area contributed by atoms with Crippen molar-refractivity contribution < 1.29 is 14.7 Å². The molecule has 7 atom stereocenters. The Bertz CT molecular complexity index is 641. The molecule has 2 N–H and O–H groups in total. The number of hydrogen-bond donors (Lipinski definition) is 2. The molecule has 0 unspecified atom stereocenters. The summed E-state index contributed by atoms with van der Waals surface area (Å²) in [7, 11) is 0. The van der Waals surface area contributed by atoms with Gasteiger partial charge in [0.15, 0.2) is 0 Å². The van der Waals surface area contributed by atoms with Crippen molar-refractivity contribution in [2.75, 3.05) is 0 Å². The number of aliphatic carboxylic acids is 1. The Morgan fingerprint density at radius 1 is 1.16 bits per heavy atom. The summed E-state index contributed by atoms with van der Waals surface area (Å²) in [5, 5.41) is 13.0. The van der Waals surface area contributed by atoms with Crippen molar-refractivity contribution in [2.24, 2.45) is 34.5 Å². The third-order valence-corrected chi connectivity index (χ3v) is 8.65. The first-order chi connectivity index (χ1) is 11.8. The quantitative estimate of drug-likeness (QED) is 0.711. The summed E-state index contributed by atoms with van der Waals surface area (Å²) >= 11 is 0. The molecule has 4 aliphatic rings. The topological polar surface area (TPSA) is 66.4 Å². The van der Waals surface area contributed by atoms with Crippen LogP contribution in [0.15, 0.2) is 11.6 Å². The number of carboxylic acids is 1. The lowest BCUT2D eigenvalue weighted by molar-refractivity contribution is -0.151. The van der Waals surface area contributed by atoms with Crippen LogP contribution < -0.4 is 5.32 Å². The molecule has 1 aliphatic heterocycles. The van der Waals surface area contributed by atoms with Crippen molar-refractivity contribution >= 4 is 11.9 Å². The molecule has 1 amide bonds. The van der Waals surface area contributed by atoms with Gasteiger partial charge >= 0.3 is 5.97 Å². The highest BCUT2D eigenvalue weighted by molar-refractivity contribution is 5.78. The third-order valence-electron chi connectivity index (χ3n) is 8.65. The van der Waals surface area contributed by atoms with Crippen LogP contribution in [0.3, 0.4) is 0 Å². The van der Waals surface area contributed by atoms with E-state index in [-0.39, 0.29) is 28.7 Å². The lowest BCUT2D eigenvalue weighted by Crippen LogP contribution is -2.62. The lowest BCUT2D eigenvalue weighted by atomic mass is 9.46. The summed E-state index contributed by atoms with van der Waals surface area (Å²) in [6.07, 6.45) is 8.87. The van der Waals surface area contributed by atoms with Gasteiger partial charge in [0.05, 0.1) is 12.0 Å². The summed E-state index contributed by atoms with van der Waals surface area (Å²) in [4.78, 5) is 23.8. The van der Waals surface area contributed by atoms with Crippen LogP contribution in [-0.2, 0) is 9.59 Å². The van der Waals surface area contributed by atoms with E-state index in [9.17, 15) is 14.7 Å². The predicted octanol–water partition coefficient (Wildman–Crippen LogP) is 3.76. The Morgan fingerprint density at radius 2 is 1.88 bits per heavy atom. The monoisotopic (exact) mass is 345 g/mol. The number of carbonyl (C=O) groups is 2. The van der Waals surface area contributed by atoms with E-state index in [1.165, 1.54) is 5.57 Å². The third kappa shape index (κ3) is 2.25. The van der Waals surface area contributed by atoms with Crippen molar-refractivity contribution in [1.29, 1.82) is 0 Å². The fourth-order valence-electron chi connectivity index (χ4n) is 7.31. The van der Waals surface area contributed by atoms with Crippen LogP contribution in [0.5, 0.6) is 0 Å². The first kappa shape index (κ1) is 17.1. The molecule has 25 heavy (non-hydrogen) atoms. The summed E-state index contributed by atoms with van der Waals surface area (Å²) in [6.45, 7) is 6.71. The molecule has 138 valence electrons. The summed E-state index contributed by atoms with van der Waals surface area (Å²) < 4.78 is 0. The molecule has 0 spiro atoms. The molecule has 0 aromatic heterocycles. The first-order valence-electron chi connectivity index (χ1n) is 9.98. The van der Waals surface area contributed by atoms with Gasteiger partial charge < -0.3 is 10.4 Å². The van der Waals surface area contributed by atoms with Gasteiger partial charge in [-0.05, 0) is 74.0 Å². The zero-order valence-corrected chi connectivity index (χ0v) is 15.7. The zero-order chi connectivity index (χ0) is 18.0. The number of fused-ring (bicyclic) bond motifs is 5. The number of carboxylic acid groups (broad SMARTS) is 1. The highest BCUT2D eigenvalue weighted by Crippen LogP contribution is 2.66. The van der Waals surface area contributed by atoms with E-state index in [0.717, 1.165) is 38.5 Å². The van der Waals surface area contributed by atoms with Crippen molar-refractivity contribution in [3.05, 3.63) is 11.6 Å². The van der Waals surface area contributed by atoms with E-state index in [2.05, 4.69) is 32.2 Å². The van der Waals surface area contributed by atoms with Crippen LogP contribution in [0.25, 0.3) is 0 Å². The Morgan fingerprint density at radius 3 is 2.56 bits per heavy atom. The average Bonchev–Trinajstić information content (AvgIpc) is 2.92. The van der Waals surface area contributed by atoms with E-state index in [4.69, 9.17) is 0 Å². The minimum atomic E-state index is -0.598. The maximum Gasteiger partial charge on any atom is 0.307 e. The standard InChI is InChI=1S/C21H31NO3/c1-4-12-11-13-14-5-6-16(19(24)25)20(14,2)9-7-15(13)21(3)10-8-17(23)22-18(12)21/h4,13-16,18H,5-11H2,1-3H3,(H,22,23)(H,24,25)/t13-,14-,15-,16+,18+,20-,21+/m0/s1. The summed E-state index contributed by atoms with van der Waals surface area (Å²) in [5.41, 5.74) is 1.45. The van der Waals surface area contributed by atoms with E-state index < -0.39 is 5.97 Å². The number of nitrogens with one attached hydrogen (secondary N) is 1. The fourth-order valence-corrected chi connectivity index (χ4v) is 7.31. The molecule has 3 saturated carbocycles. The Balaban J connectivity index is 1.71. The molecule has 4 rings (SSSR count). The van der Waals surface area contributed by atoms with Gasteiger partial charge in [-0.2, -0.15) is 0 Å². The van der Waals surface area contributed by atoms with Gasteiger partial charge in [-0.15, -0.1) is 0 Å². The number of amides is 1. The second kappa shape index (κ2) is 5.59. The van der Waals surface area contributed by atoms with Crippen molar-refractivity contribution in [3.63, 3.8) is 0 Å². The van der Waals surface area contributed by atoms with Gasteiger partial charge in [0, 0.05) is 6.42 Å². The maximum absolute atomic E-state index is 12.0. The second-order valence-electron chi connectivity index (χ2n) is 9.46. The molecule has 1 saturated heterocycles. The lowest BCUT2D eigenvalue weighted by Gasteiger charge is -2.60. The SMILES string of the molecule is CC=C1C[C@@H]2[C@H](CC[C@]3(C)[C@@H](C(=O)O)CC[C@@H]23)[C@@]2(C)CCC(=O)N[C@H]12. The number of piperidine rings is 1. The molecular formula is C21H31NO3. The normalized spacial score (nSPS) is 50.6. The van der Waals surface area contributed by atoms with Crippen molar-refractivity contribution in [2.45, 2.75) is 71.8 Å². The second-order valence-corrected chi connectivity index (χ2v) is 9.46. The van der Waals surface area contributed by atoms with Crippen LogP contribution in [-0.4, -0.2) is 23.0 Å². The molecule has 0 aromatic carbocycles. The van der Waals surface area contributed by atoms with E-state index >= 15 is 0 Å². The minimum Gasteiger partial charge on any atom is -0.481 e. The molecule has 0 radical (unpaired) electrons. The van der Waals surface area contributed by atoms with Crippen LogP contribution >= 0.6 is 0 Å². The number of carbonyl (C=O) groups excluding carboxylic acids is 1. The summed E-state index contributed by atoms with van der Waals surface area (Å²) in [5.74, 6) is 1.10. The fraction of sp³-hybridized carbons (Fsp3) is 0.810. The highest BCUT2D eigenvalue weighted by atomic mass is 16.4. The predicted molar refractivity (Wildman–Crippen MR) is 95.8 cm³/mol. The maximum atomic E-state index is 12.0. The van der Waals surface area contributed by atoms with Crippen molar-refractivity contribution in [3.8, 4) is 0 Å². The van der Waals surface area contributed by atoms with Gasteiger partial charge in [-0.3, -0.25) is 9.59 Å². The molecule has 1 heterocycles. The van der Waals surface area contributed by atoms with Crippen LogP contribution in [0.4, 0.5) is 0 Å². The van der Waals surface area contributed by atoms with Gasteiger partial charge in [0.25, 0.3) is 0 Å². The molecular weight excluding hydrogens is 314 g/mol. The molecule has 3 aliphatic carbocycles. The van der Waals surface area contributed by atoms with Crippen LogP contribution in [0, 0.1) is 34.5 Å². The van der Waals surface area contributed by atoms with Crippen LogP contribution in [0.1, 0.15) is 65.7 Å². The molecule has 4 heteroatoms. The minimum absolute atomic E-state index is 0.0486. The highest BCUT2D eigenvalue weighted by Gasteiger charge is 2.62. The molecule has 4 fully saturated rings. The Kier molecular flexibility index (Phi) is 3.82. The van der Waals surface area contributed by atoms with Crippen molar-refractivity contribution in [1.82, 2.24) is 5.32 Å². The number of rotatable bonds is 1. The zero-order valence-electron chi connectivity index (χ0n) is 15.7. The largest absolute Gasteiger partial charge is 0.481 e. The van der Waals surface area contributed by atoms with Gasteiger partial charge in [-0.1, -0.05) is 25.5 Å². The molecule has 0 aromatic rings. The first-order valence-corrected chi connectivity index (χ1v) is 9.98.